The normalized spacial score (nSPS) is 10.3. The monoisotopic (exact) mass is 244 g/mol. The van der Waals surface area contributed by atoms with Crippen LogP contribution in [0, 0.1) is 24.1 Å². The van der Waals surface area contributed by atoms with Gasteiger partial charge in [-0.05, 0) is 31.0 Å². The minimum atomic E-state index is -0.235. The zero-order valence-electron chi connectivity index (χ0n) is 10.1. The van der Waals surface area contributed by atoms with Gasteiger partial charge < -0.3 is 4.42 Å². The van der Waals surface area contributed by atoms with Crippen molar-refractivity contribution < 1.29 is 8.81 Å². The first-order valence-electron chi connectivity index (χ1n) is 5.75. The number of benzene rings is 1. The maximum absolute atomic E-state index is 13.0. The van der Waals surface area contributed by atoms with Gasteiger partial charge in [0.15, 0.2) is 5.89 Å². The largest absolute Gasteiger partial charge is 0.446 e. The van der Waals surface area contributed by atoms with Gasteiger partial charge in [-0.2, -0.15) is 5.26 Å². The second-order valence-electron chi connectivity index (χ2n) is 4.08. The Morgan fingerprint density at radius 3 is 2.94 bits per heavy atom. The van der Waals surface area contributed by atoms with Gasteiger partial charge in [-0.3, -0.25) is 0 Å². The zero-order chi connectivity index (χ0) is 13.0. The molecule has 2 rings (SSSR count). The van der Waals surface area contributed by atoms with Crippen LogP contribution in [-0.4, -0.2) is 4.98 Å². The Hall–Kier alpha value is -2.15. The molecule has 18 heavy (non-hydrogen) atoms. The summed E-state index contributed by atoms with van der Waals surface area (Å²) < 4.78 is 18.4. The fourth-order valence-electron chi connectivity index (χ4n) is 1.78. The van der Waals surface area contributed by atoms with E-state index in [1.165, 1.54) is 12.1 Å². The predicted octanol–water partition coefficient (Wildman–Crippen LogP) is 2.97. The zero-order valence-corrected chi connectivity index (χ0v) is 10.1. The summed E-state index contributed by atoms with van der Waals surface area (Å²) in [7, 11) is 0. The second kappa shape index (κ2) is 5.46. The van der Waals surface area contributed by atoms with Crippen LogP contribution in [0.5, 0.6) is 0 Å². The van der Waals surface area contributed by atoms with Gasteiger partial charge in [0.1, 0.15) is 11.6 Å². The van der Waals surface area contributed by atoms with Crippen LogP contribution in [0.2, 0.25) is 0 Å². The smallest absolute Gasteiger partial charge is 0.194 e. The Labute approximate surface area is 105 Å². The summed E-state index contributed by atoms with van der Waals surface area (Å²) in [5, 5.41) is 8.62. The third kappa shape index (κ3) is 2.95. The summed E-state index contributed by atoms with van der Waals surface area (Å²) in [5.74, 6) is 1.05. The quantitative estimate of drug-likeness (QED) is 0.830. The molecule has 0 aliphatic heterocycles. The number of hydrogen-bond donors (Lipinski definition) is 0. The highest BCUT2D eigenvalue weighted by Gasteiger charge is 2.09. The van der Waals surface area contributed by atoms with E-state index in [4.69, 9.17) is 9.68 Å². The lowest BCUT2D eigenvalue weighted by molar-refractivity contribution is 0.469. The summed E-state index contributed by atoms with van der Waals surface area (Å²) in [5.41, 5.74) is 1.60. The topological polar surface area (TPSA) is 49.8 Å². The van der Waals surface area contributed by atoms with E-state index in [0.29, 0.717) is 30.2 Å². The molecule has 0 radical (unpaired) electrons. The van der Waals surface area contributed by atoms with Crippen LogP contribution in [0.25, 0.3) is 0 Å². The van der Waals surface area contributed by atoms with Gasteiger partial charge in [0, 0.05) is 6.42 Å². The van der Waals surface area contributed by atoms with Gasteiger partial charge in [-0.1, -0.05) is 12.1 Å². The van der Waals surface area contributed by atoms with Crippen LogP contribution in [0.1, 0.15) is 22.9 Å². The molecule has 0 N–H and O–H groups in total. The Bertz CT molecular complexity index is 584. The van der Waals surface area contributed by atoms with E-state index in [1.54, 1.807) is 13.0 Å². The Balaban J connectivity index is 2.02. The number of aromatic nitrogens is 1. The van der Waals surface area contributed by atoms with Crippen LogP contribution in [0.4, 0.5) is 4.39 Å². The molecule has 1 heterocycles. The van der Waals surface area contributed by atoms with Crippen molar-refractivity contribution in [2.75, 3.05) is 0 Å². The molecule has 1 aromatic carbocycles. The lowest BCUT2D eigenvalue weighted by Gasteiger charge is -1.98. The van der Waals surface area contributed by atoms with Crippen LogP contribution < -0.4 is 0 Å². The van der Waals surface area contributed by atoms with E-state index in [-0.39, 0.29) is 12.2 Å². The van der Waals surface area contributed by atoms with Crippen molar-refractivity contribution in [3.8, 4) is 6.07 Å². The molecule has 0 spiro atoms. The number of nitrogens with zero attached hydrogens (tertiary/aromatic N) is 2. The van der Waals surface area contributed by atoms with Crippen molar-refractivity contribution in [1.82, 2.24) is 4.98 Å². The van der Waals surface area contributed by atoms with Gasteiger partial charge in [0.05, 0.1) is 18.2 Å². The van der Waals surface area contributed by atoms with Crippen molar-refractivity contribution in [3.05, 3.63) is 53.0 Å². The highest BCUT2D eigenvalue weighted by Crippen LogP contribution is 2.13. The van der Waals surface area contributed by atoms with Crippen LogP contribution >= 0.6 is 0 Å². The fraction of sp³-hybridized carbons (Fsp3) is 0.286. The van der Waals surface area contributed by atoms with Crippen LogP contribution in [0.3, 0.4) is 0 Å². The molecule has 0 bridgehead atoms. The minimum Gasteiger partial charge on any atom is -0.446 e. The maximum Gasteiger partial charge on any atom is 0.194 e. The average molecular weight is 244 g/mol. The van der Waals surface area contributed by atoms with E-state index < -0.39 is 0 Å². The first-order valence-corrected chi connectivity index (χ1v) is 5.75. The molecule has 0 amide bonds. The van der Waals surface area contributed by atoms with E-state index in [0.717, 1.165) is 5.56 Å². The number of oxazole rings is 1. The fourth-order valence-corrected chi connectivity index (χ4v) is 1.78. The SMILES string of the molecule is Cc1oc(CCc2cccc(F)c2)nc1CC#N. The lowest BCUT2D eigenvalue weighted by atomic mass is 10.1. The molecule has 0 saturated carbocycles. The summed E-state index contributed by atoms with van der Waals surface area (Å²) >= 11 is 0. The standard InChI is InChI=1S/C14H13FN2O/c1-10-13(7-8-16)17-14(18-10)6-5-11-3-2-4-12(15)9-11/h2-4,9H,5-7H2,1H3. The Morgan fingerprint density at radius 1 is 1.39 bits per heavy atom. The van der Waals surface area contributed by atoms with E-state index in [1.807, 2.05) is 12.1 Å². The highest BCUT2D eigenvalue weighted by atomic mass is 19.1. The lowest BCUT2D eigenvalue weighted by Crippen LogP contribution is -1.93. The van der Waals surface area contributed by atoms with Crippen LogP contribution in [-0.2, 0) is 19.3 Å². The molecule has 4 heteroatoms. The van der Waals surface area contributed by atoms with Gasteiger partial charge in [-0.15, -0.1) is 0 Å². The summed E-state index contributed by atoms with van der Waals surface area (Å²) in [6, 6.07) is 8.53. The van der Waals surface area contributed by atoms with Crippen molar-refractivity contribution in [3.63, 3.8) is 0 Å². The number of hydrogen-bond acceptors (Lipinski definition) is 3. The summed E-state index contributed by atoms with van der Waals surface area (Å²) in [4.78, 5) is 4.25. The van der Waals surface area contributed by atoms with Gasteiger partial charge in [-0.25, -0.2) is 9.37 Å². The third-order valence-electron chi connectivity index (χ3n) is 2.70. The molecule has 0 aliphatic carbocycles. The second-order valence-corrected chi connectivity index (χ2v) is 4.08. The van der Waals surface area contributed by atoms with Crippen molar-refractivity contribution in [2.24, 2.45) is 0 Å². The van der Waals surface area contributed by atoms with Crippen molar-refractivity contribution in [1.29, 1.82) is 5.26 Å². The summed E-state index contributed by atoms with van der Waals surface area (Å²) in [6.07, 6.45) is 1.54. The molecule has 0 fully saturated rings. The predicted molar refractivity (Wildman–Crippen MR) is 64.4 cm³/mol. The molecule has 0 aliphatic rings. The molecule has 3 nitrogen and oxygen atoms in total. The number of nitriles is 1. The minimum absolute atomic E-state index is 0.235. The Kier molecular flexibility index (Phi) is 3.73. The van der Waals surface area contributed by atoms with E-state index in [2.05, 4.69) is 4.98 Å². The third-order valence-corrected chi connectivity index (χ3v) is 2.70. The Morgan fingerprint density at radius 2 is 2.22 bits per heavy atom. The van der Waals surface area contributed by atoms with Gasteiger partial charge in [0.2, 0.25) is 0 Å². The number of rotatable bonds is 4. The van der Waals surface area contributed by atoms with E-state index >= 15 is 0 Å². The molecule has 0 unspecified atom stereocenters. The first-order chi connectivity index (χ1) is 8.69. The molecule has 0 saturated heterocycles. The van der Waals surface area contributed by atoms with E-state index in [9.17, 15) is 4.39 Å². The molecule has 0 atom stereocenters. The first kappa shape index (κ1) is 12.3. The molecule has 92 valence electrons. The average Bonchev–Trinajstić information content (AvgIpc) is 2.69. The molecular weight excluding hydrogens is 231 g/mol. The van der Waals surface area contributed by atoms with Gasteiger partial charge in [0.25, 0.3) is 0 Å². The molecule has 2 aromatic rings. The highest BCUT2D eigenvalue weighted by molar-refractivity contribution is 5.18. The van der Waals surface area contributed by atoms with Gasteiger partial charge >= 0.3 is 0 Å². The number of halogens is 1. The van der Waals surface area contributed by atoms with Crippen LogP contribution in [0.15, 0.2) is 28.7 Å². The van der Waals surface area contributed by atoms with Crippen molar-refractivity contribution >= 4 is 0 Å². The molecular formula is C14H13FN2O. The number of aryl methyl sites for hydroxylation is 3. The maximum atomic E-state index is 13.0. The summed E-state index contributed by atoms with van der Waals surface area (Å²) in [6.45, 7) is 1.80. The molecule has 1 aromatic heterocycles. The van der Waals surface area contributed by atoms with Crippen molar-refractivity contribution in [2.45, 2.75) is 26.2 Å².